The lowest BCUT2D eigenvalue weighted by atomic mass is 9.81. The van der Waals surface area contributed by atoms with E-state index in [1.54, 1.807) is 14.1 Å². The molecule has 2 aromatic carbocycles. The number of halogens is 6. The average molecular weight is 518 g/mol. The molecule has 2 N–H and O–H groups in total. The Morgan fingerprint density at radius 3 is 2.14 bits per heavy atom. The molecule has 3 atom stereocenters. The summed E-state index contributed by atoms with van der Waals surface area (Å²) in [5.41, 5.74) is -2.84. The fourth-order valence-electron chi connectivity index (χ4n) is 4.14. The summed E-state index contributed by atoms with van der Waals surface area (Å²) in [5, 5.41) is 6.31. The van der Waals surface area contributed by atoms with E-state index >= 15 is 0 Å². The molecule has 0 aliphatic carbocycles. The van der Waals surface area contributed by atoms with Gasteiger partial charge in [-0.2, -0.15) is 26.3 Å². The second kappa shape index (κ2) is 10.7. The zero-order valence-corrected chi connectivity index (χ0v) is 20.1. The summed E-state index contributed by atoms with van der Waals surface area (Å²) in [5.74, 6) is 0. The number of carbonyl (C=O) groups excluding carboxylic acids is 1. The first-order chi connectivity index (χ1) is 16.7. The Morgan fingerprint density at radius 2 is 1.67 bits per heavy atom. The molecule has 198 valence electrons. The lowest BCUT2D eigenvalue weighted by molar-refractivity contribution is -0.143. The number of piperidine rings is 1. The highest BCUT2D eigenvalue weighted by molar-refractivity contribution is 5.73. The lowest BCUT2D eigenvalue weighted by Gasteiger charge is -2.42. The number of carbonyl (C=O) groups is 1. The molecule has 0 radical (unpaired) electrons. The van der Waals surface area contributed by atoms with E-state index in [2.05, 4.69) is 10.6 Å². The Bertz CT molecular complexity index is 1000. The molecule has 1 fully saturated rings. The third-order valence-electron chi connectivity index (χ3n) is 6.33. The van der Waals surface area contributed by atoms with Crippen molar-refractivity contribution in [3.8, 4) is 0 Å². The van der Waals surface area contributed by atoms with Gasteiger partial charge in [-0.25, -0.2) is 4.79 Å². The Balaban J connectivity index is 1.82. The van der Waals surface area contributed by atoms with Gasteiger partial charge in [0.15, 0.2) is 0 Å². The zero-order valence-electron chi connectivity index (χ0n) is 20.1. The van der Waals surface area contributed by atoms with Gasteiger partial charge in [0.2, 0.25) is 0 Å². The molecule has 0 aromatic heterocycles. The standard InChI is InChI=1S/C25H29F6N3O2/c1-16(17-11-19(24(26,27)28)13-20(12-17)25(29,30)31)36-15-23(18-7-5-4-6-8-18)10-9-21(14-32-23)33-22(35)34(2)3/h4-8,11-13,16,21,32H,9-10,14-15H2,1-3H3,(H,33,35). The average Bonchev–Trinajstić information content (AvgIpc) is 2.82. The van der Waals surface area contributed by atoms with Crippen LogP contribution in [0, 0.1) is 0 Å². The van der Waals surface area contributed by atoms with Gasteiger partial charge in [0.05, 0.1) is 29.4 Å². The number of nitrogens with one attached hydrogen (secondary N) is 2. The molecule has 0 saturated carbocycles. The second-order valence-electron chi connectivity index (χ2n) is 9.20. The summed E-state index contributed by atoms with van der Waals surface area (Å²) in [6, 6.07) is 10.4. The summed E-state index contributed by atoms with van der Waals surface area (Å²) >= 11 is 0. The summed E-state index contributed by atoms with van der Waals surface area (Å²) in [7, 11) is 3.26. The van der Waals surface area contributed by atoms with Crippen LogP contribution in [0.3, 0.4) is 0 Å². The number of hydrogen-bond acceptors (Lipinski definition) is 3. The van der Waals surface area contributed by atoms with E-state index in [0.29, 0.717) is 31.5 Å². The fourth-order valence-corrected chi connectivity index (χ4v) is 4.14. The molecule has 1 aliphatic heterocycles. The molecular weight excluding hydrogens is 488 g/mol. The summed E-state index contributed by atoms with van der Waals surface area (Å²) in [4.78, 5) is 13.4. The van der Waals surface area contributed by atoms with Gasteiger partial charge in [-0.15, -0.1) is 0 Å². The number of amides is 2. The van der Waals surface area contributed by atoms with Crippen LogP contribution in [-0.4, -0.2) is 44.2 Å². The van der Waals surface area contributed by atoms with Crippen LogP contribution in [0.4, 0.5) is 31.1 Å². The second-order valence-corrected chi connectivity index (χ2v) is 9.20. The van der Waals surface area contributed by atoms with Gasteiger partial charge in [-0.3, -0.25) is 0 Å². The van der Waals surface area contributed by atoms with Gasteiger partial charge in [-0.1, -0.05) is 30.3 Å². The van der Waals surface area contributed by atoms with Crippen LogP contribution in [0.5, 0.6) is 0 Å². The third kappa shape index (κ3) is 6.70. The molecule has 0 spiro atoms. The molecule has 0 bridgehead atoms. The molecule has 36 heavy (non-hydrogen) atoms. The number of nitrogens with zero attached hydrogens (tertiary/aromatic N) is 1. The molecule has 1 aliphatic rings. The molecule has 5 nitrogen and oxygen atoms in total. The largest absolute Gasteiger partial charge is 0.416 e. The molecule has 3 rings (SSSR count). The molecule has 2 amide bonds. The molecule has 1 saturated heterocycles. The summed E-state index contributed by atoms with van der Waals surface area (Å²) in [6.07, 6.45) is -9.78. The highest BCUT2D eigenvalue weighted by Gasteiger charge is 2.39. The van der Waals surface area contributed by atoms with Crippen molar-refractivity contribution in [3.05, 3.63) is 70.8 Å². The van der Waals surface area contributed by atoms with E-state index in [-0.39, 0.29) is 30.3 Å². The van der Waals surface area contributed by atoms with Gasteiger partial charge >= 0.3 is 18.4 Å². The number of alkyl halides is 6. The maximum atomic E-state index is 13.3. The third-order valence-corrected chi connectivity index (χ3v) is 6.33. The molecule has 2 aromatic rings. The first-order valence-electron chi connectivity index (χ1n) is 11.4. The first kappa shape index (κ1) is 27.8. The van der Waals surface area contributed by atoms with Crippen molar-refractivity contribution >= 4 is 6.03 Å². The number of rotatable bonds is 6. The zero-order chi connectivity index (χ0) is 26.7. The Kier molecular flexibility index (Phi) is 8.24. The SMILES string of the molecule is CC(OCC1(c2ccccc2)CCC(NC(=O)N(C)C)CN1)c1cc(C(F)(F)F)cc(C(F)(F)F)c1. The number of urea groups is 1. The number of benzene rings is 2. The number of hydrogen-bond donors (Lipinski definition) is 2. The monoisotopic (exact) mass is 517 g/mol. The maximum Gasteiger partial charge on any atom is 0.416 e. The normalized spacial score (nSPS) is 21.6. The minimum absolute atomic E-state index is 0.00409. The van der Waals surface area contributed by atoms with Crippen molar-refractivity contribution in [1.82, 2.24) is 15.5 Å². The van der Waals surface area contributed by atoms with Gasteiger partial charge in [0.25, 0.3) is 0 Å². The van der Waals surface area contributed by atoms with Crippen LogP contribution in [-0.2, 0) is 22.6 Å². The quantitative estimate of drug-likeness (QED) is 0.482. The Morgan fingerprint density at radius 1 is 1.08 bits per heavy atom. The predicted molar refractivity (Wildman–Crippen MR) is 122 cm³/mol. The van der Waals surface area contributed by atoms with Crippen molar-refractivity contribution in [3.63, 3.8) is 0 Å². The van der Waals surface area contributed by atoms with E-state index < -0.39 is 35.1 Å². The van der Waals surface area contributed by atoms with Crippen molar-refractivity contribution in [2.24, 2.45) is 0 Å². The summed E-state index contributed by atoms with van der Waals surface area (Å²) < 4.78 is 85.6. The van der Waals surface area contributed by atoms with Crippen LogP contribution in [0.15, 0.2) is 48.5 Å². The van der Waals surface area contributed by atoms with E-state index in [9.17, 15) is 31.1 Å². The smallest absolute Gasteiger partial charge is 0.372 e. The molecular formula is C25H29F6N3O2. The Hall–Kier alpha value is -2.79. The van der Waals surface area contributed by atoms with E-state index in [1.807, 2.05) is 30.3 Å². The number of ether oxygens (including phenoxy) is 1. The lowest BCUT2D eigenvalue weighted by Crippen LogP contribution is -2.58. The van der Waals surface area contributed by atoms with E-state index in [0.717, 1.165) is 5.56 Å². The van der Waals surface area contributed by atoms with Crippen molar-refractivity contribution in [2.45, 2.75) is 49.8 Å². The minimum atomic E-state index is -4.93. The van der Waals surface area contributed by atoms with Crippen molar-refractivity contribution < 1.29 is 35.9 Å². The fraction of sp³-hybridized carbons (Fsp3) is 0.480. The van der Waals surface area contributed by atoms with Crippen LogP contribution >= 0.6 is 0 Å². The van der Waals surface area contributed by atoms with Crippen LogP contribution in [0.25, 0.3) is 0 Å². The van der Waals surface area contributed by atoms with Crippen LogP contribution in [0.2, 0.25) is 0 Å². The maximum absolute atomic E-state index is 13.3. The van der Waals surface area contributed by atoms with Gasteiger partial charge < -0.3 is 20.3 Å². The highest BCUT2D eigenvalue weighted by Crippen LogP contribution is 2.39. The van der Waals surface area contributed by atoms with E-state index in [1.165, 1.54) is 11.8 Å². The van der Waals surface area contributed by atoms with Gasteiger partial charge in [0.1, 0.15) is 0 Å². The van der Waals surface area contributed by atoms with Gasteiger partial charge in [-0.05, 0) is 49.1 Å². The van der Waals surface area contributed by atoms with Crippen molar-refractivity contribution in [2.75, 3.05) is 27.2 Å². The molecule has 1 heterocycles. The topological polar surface area (TPSA) is 53.6 Å². The van der Waals surface area contributed by atoms with Crippen molar-refractivity contribution in [1.29, 1.82) is 0 Å². The minimum Gasteiger partial charge on any atom is -0.372 e. The highest BCUT2D eigenvalue weighted by atomic mass is 19.4. The predicted octanol–water partition coefficient (Wildman–Crippen LogP) is 5.72. The molecule has 11 heteroatoms. The van der Waals surface area contributed by atoms with Crippen LogP contribution < -0.4 is 10.6 Å². The van der Waals surface area contributed by atoms with Gasteiger partial charge in [0, 0.05) is 26.7 Å². The Labute approximate surface area is 205 Å². The van der Waals surface area contributed by atoms with E-state index in [4.69, 9.17) is 4.74 Å². The first-order valence-corrected chi connectivity index (χ1v) is 11.4. The van der Waals surface area contributed by atoms with Crippen LogP contribution in [0.1, 0.15) is 48.1 Å². The molecule has 3 unspecified atom stereocenters. The summed E-state index contributed by atoms with van der Waals surface area (Å²) in [6.45, 7) is 1.84.